The molecule has 3 rings (SSSR count). The molecular weight excluding hydrogens is 360 g/mol. The van der Waals surface area contributed by atoms with Gasteiger partial charge < -0.3 is 19.2 Å². The summed E-state index contributed by atoms with van der Waals surface area (Å²) in [4.78, 5) is 25.1. The number of nitrogens with one attached hydrogen (secondary N) is 1. The van der Waals surface area contributed by atoms with E-state index >= 15 is 0 Å². The van der Waals surface area contributed by atoms with E-state index in [-0.39, 0.29) is 5.56 Å². The number of ether oxygens (including phenoxy) is 2. The maximum Gasteiger partial charge on any atom is 0.291 e. The molecule has 1 atom stereocenters. The fourth-order valence-electron chi connectivity index (χ4n) is 2.54. The largest absolute Gasteiger partial charge is 0.495 e. The van der Waals surface area contributed by atoms with Crippen molar-refractivity contribution in [1.29, 1.82) is 0 Å². The van der Waals surface area contributed by atoms with E-state index in [1.165, 1.54) is 26.6 Å². The van der Waals surface area contributed by atoms with Gasteiger partial charge in [0.25, 0.3) is 5.56 Å². The molecular formula is C17H17ClN4O4. The first-order valence-electron chi connectivity index (χ1n) is 7.73. The minimum atomic E-state index is -0.840. The van der Waals surface area contributed by atoms with Crippen LogP contribution in [0.4, 0.5) is 5.69 Å². The van der Waals surface area contributed by atoms with Crippen molar-refractivity contribution in [1.82, 2.24) is 14.2 Å². The molecule has 1 aromatic carbocycles. The van der Waals surface area contributed by atoms with Crippen molar-refractivity contribution in [2.45, 2.75) is 13.0 Å². The lowest BCUT2D eigenvalue weighted by molar-refractivity contribution is -0.119. The quantitative estimate of drug-likeness (QED) is 0.738. The zero-order chi connectivity index (χ0) is 18.8. The summed E-state index contributed by atoms with van der Waals surface area (Å²) in [5.41, 5.74) is 0.441. The molecule has 0 saturated heterocycles. The van der Waals surface area contributed by atoms with Gasteiger partial charge in [-0.2, -0.15) is 5.10 Å². The van der Waals surface area contributed by atoms with E-state index in [0.717, 1.165) is 4.68 Å². The highest BCUT2D eigenvalue weighted by Gasteiger charge is 2.21. The molecule has 26 heavy (non-hydrogen) atoms. The maximum atomic E-state index is 12.6. The number of carbonyl (C=O) groups is 1. The van der Waals surface area contributed by atoms with Crippen LogP contribution < -0.4 is 20.3 Å². The predicted octanol–water partition coefficient (Wildman–Crippen LogP) is 2.37. The van der Waals surface area contributed by atoms with Gasteiger partial charge in [-0.1, -0.05) is 11.6 Å². The van der Waals surface area contributed by atoms with Gasteiger partial charge in [-0.3, -0.25) is 9.59 Å². The molecule has 0 radical (unpaired) electrons. The monoisotopic (exact) mass is 376 g/mol. The predicted molar refractivity (Wildman–Crippen MR) is 97.3 cm³/mol. The van der Waals surface area contributed by atoms with Gasteiger partial charge in [-0.05, 0) is 25.1 Å². The molecule has 0 aliphatic rings. The van der Waals surface area contributed by atoms with E-state index in [0.29, 0.717) is 27.7 Å². The molecule has 0 aliphatic carbocycles. The number of amides is 1. The van der Waals surface area contributed by atoms with Crippen LogP contribution in [-0.2, 0) is 4.79 Å². The standard InChI is InChI=1S/C17H17ClN4O4/c1-10(22-17(24)13-5-4-6-21(13)9-19-22)16(23)20-12-7-11(18)14(25-2)8-15(12)26-3/h4-10H,1-3H3,(H,20,23). The molecule has 9 heteroatoms. The summed E-state index contributed by atoms with van der Waals surface area (Å²) in [6.07, 6.45) is 3.19. The molecule has 136 valence electrons. The summed E-state index contributed by atoms with van der Waals surface area (Å²) in [6, 6.07) is 5.65. The number of anilines is 1. The SMILES string of the molecule is COc1cc(OC)c(NC(=O)C(C)n2ncn3cccc3c2=O)cc1Cl. The average Bonchev–Trinajstić information content (AvgIpc) is 3.11. The number of benzene rings is 1. The number of hydrogen-bond acceptors (Lipinski definition) is 5. The molecule has 0 aliphatic heterocycles. The summed E-state index contributed by atoms with van der Waals surface area (Å²) >= 11 is 6.11. The zero-order valence-electron chi connectivity index (χ0n) is 14.4. The summed E-state index contributed by atoms with van der Waals surface area (Å²) < 4.78 is 13.1. The zero-order valence-corrected chi connectivity index (χ0v) is 15.1. The Morgan fingerprint density at radius 3 is 2.69 bits per heavy atom. The maximum absolute atomic E-state index is 12.6. The number of rotatable bonds is 5. The highest BCUT2D eigenvalue weighted by atomic mass is 35.5. The number of methoxy groups -OCH3 is 2. The summed E-state index contributed by atoms with van der Waals surface area (Å²) in [5.74, 6) is 0.371. The van der Waals surface area contributed by atoms with Crippen LogP contribution in [0.25, 0.3) is 5.52 Å². The van der Waals surface area contributed by atoms with Crippen molar-refractivity contribution in [3.63, 3.8) is 0 Å². The Morgan fingerprint density at radius 2 is 2.00 bits per heavy atom. The van der Waals surface area contributed by atoms with Gasteiger partial charge in [0.1, 0.15) is 29.4 Å². The Morgan fingerprint density at radius 1 is 1.27 bits per heavy atom. The second-order valence-electron chi connectivity index (χ2n) is 5.53. The van der Waals surface area contributed by atoms with Gasteiger partial charge in [0.05, 0.1) is 24.9 Å². The van der Waals surface area contributed by atoms with Crippen LogP contribution in [0.15, 0.2) is 41.6 Å². The summed E-state index contributed by atoms with van der Waals surface area (Å²) in [7, 11) is 2.95. The third-order valence-electron chi connectivity index (χ3n) is 3.98. The molecule has 1 unspecified atom stereocenters. The van der Waals surface area contributed by atoms with Gasteiger partial charge >= 0.3 is 0 Å². The molecule has 0 spiro atoms. The normalized spacial score (nSPS) is 12.0. The van der Waals surface area contributed by atoms with E-state index in [1.54, 1.807) is 35.7 Å². The lowest BCUT2D eigenvalue weighted by Crippen LogP contribution is -2.34. The topological polar surface area (TPSA) is 86.9 Å². The number of hydrogen-bond donors (Lipinski definition) is 1. The molecule has 1 amide bonds. The highest BCUT2D eigenvalue weighted by molar-refractivity contribution is 6.32. The smallest absolute Gasteiger partial charge is 0.291 e. The van der Waals surface area contributed by atoms with Gasteiger partial charge in [-0.25, -0.2) is 4.68 Å². The van der Waals surface area contributed by atoms with E-state index in [2.05, 4.69) is 10.4 Å². The van der Waals surface area contributed by atoms with Crippen LogP contribution in [0.5, 0.6) is 11.5 Å². The van der Waals surface area contributed by atoms with Crippen LogP contribution in [0.2, 0.25) is 5.02 Å². The summed E-state index contributed by atoms with van der Waals surface area (Å²) in [6.45, 7) is 1.58. The van der Waals surface area contributed by atoms with Gasteiger partial charge in [-0.15, -0.1) is 0 Å². The van der Waals surface area contributed by atoms with Crippen molar-refractivity contribution in [3.05, 3.63) is 52.2 Å². The lowest BCUT2D eigenvalue weighted by Gasteiger charge is -2.17. The molecule has 1 N–H and O–H groups in total. The fourth-order valence-corrected chi connectivity index (χ4v) is 2.78. The molecule has 0 bridgehead atoms. The number of nitrogens with zero attached hydrogens (tertiary/aromatic N) is 3. The van der Waals surface area contributed by atoms with E-state index in [9.17, 15) is 9.59 Å². The molecule has 0 saturated carbocycles. The van der Waals surface area contributed by atoms with Crippen LogP contribution in [-0.4, -0.2) is 34.3 Å². The Labute approximate surface area is 153 Å². The molecule has 2 heterocycles. The third-order valence-corrected chi connectivity index (χ3v) is 4.28. The molecule has 0 fully saturated rings. The van der Waals surface area contributed by atoms with Crippen LogP contribution in [0.3, 0.4) is 0 Å². The van der Waals surface area contributed by atoms with E-state index in [4.69, 9.17) is 21.1 Å². The minimum absolute atomic E-state index is 0.321. The van der Waals surface area contributed by atoms with Crippen LogP contribution in [0.1, 0.15) is 13.0 Å². The Balaban J connectivity index is 1.91. The summed E-state index contributed by atoms with van der Waals surface area (Å²) in [5, 5.41) is 7.09. The molecule has 3 aromatic rings. The average molecular weight is 377 g/mol. The fraction of sp³-hybridized carbons (Fsp3) is 0.235. The van der Waals surface area contributed by atoms with Crippen LogP contribution in [0, 0.1) is 0 Å². The highest BCUT2D eigenvalue weighted by Crippen LogP contribution is 2.36. The Hall–Kier alpha value is -3.00. The van der Waals surface area contributed by atoms with Gasteiger partial charge in [0.2, 0.25) is 5.91 Å². The first kappa shape index (κ1) is 17.8. The Kier molecular flexibility index (Phi) is 4.85. The van der Waals surface area contributed by atoms with E-state index < -0.39 is 11.9 Å². The second kappa shape index (κ2) is 7.09. The van der Waals surface area contributed by atoms with Crippen molar-refractivity contribution < 1.29 is 14.3 Å². The van der Waals surface area contributed by atoms with Crippen molar-refractivity contribution in [2.75, 3.05) is 19.5 Å². The van der Waals surface area contributed by atoms with Crippen molar-refractivity contribution in [3.8, 4) is 11.5 Å². The number of carbonyl (C=O) groups excluding carboxylic acids is 1. The first-order chi connectivity index (χ1) is 12.5. The third kappa shape index (κ3) is 3.11. The first-order valence-corrected chi connectivity index (χ1v) is 8.11. The van der Waals surface area contributed by atoms with E-state index in [1.807, 2.05) is 0 Å². The van der Waals surface area contributed by atoms with Gasteiger partial charge in [0.15, 0.2) is 0 Å². The van der Waals surface area contributed by atoms with Crippen LogP contribution >= 0.6 is 11.6 Å². The second-order valence-corrected chi connectivity index (χ2v) is 5.94. The number of aromatic nitrogens is 3. The number of halogens is 1. The van der Waals surface area contributed by atoms with Gasteiger partial charge in [0, 0.05) is 12.3 Å². The Bertz CT molecular complexity index is 1030. The number of fused-ring (bicyclic) bond motifs is 1. The molecule has 8 nitrogen and oxygen atoms in total. The molecule has 2 aromatic heterocycles. The minimum Gasteiger partial charge on any atom is -0.495 e. The van der Waals surface area contributed by atoms with Crippen molar-refractivity contribution >= 4 is 28.7 Å². The van der Waals surface area contributed by atoms with Crippen molar-refractivity contribution in [2.24, 2.45) is 0 Å². The lowest BCUT2D eigenvalue weighted by atomic mass is 10.2.